The topological polar surface area (TPSA) is 38.8 Å². The number of likely N-dealkylation sites (tertiary alicyclic amines) is 1. The Morgan fingerprint density at radius 3 is 2.83 bits per heavy atom. The van der Waals surface area contributed by atoms with E-state index in [1.54, 1.807) is 0 Å². The molecule has 0 aromatic carbocycles. The van der Waals surface area contributed by atoms with Crippen LogP contribution >= 0.6 is 0 Å². The first-order chi connectivity index (χ1) is 8.70. The van der Waals surface area contributed by atoms with Crippen molar-refractivity contribution in [2.75, 3.05) is 19.7 Å². The minimum absolute atomic E-state index is 0.0433. The Kier molecular flexibility index (Phi) is 5.01. The van der Waals surface area contributed by atoms with Crippen LogP contribution in [0.5, 0.6) is 0 Å². The molecule has 0 amide bonds. The largest absolute Gasteiger partial charge is 0.465 e. The first-order valence-electron chi connectivity index (χ1n) is 7.27. The number of piperidine rings is 1. The van der Waals surface area contributed by atoms with Crippen LogP contribution in [0, 0.1) is 0 Å². The van der Waals surface area contributed by atoms with Gasteiger partial charge < -0.3 is 9.47 Å². The second-order valence-electron chi connectivity index (χ2n) is 5.40. The second-order valence-corrected chi connectivity index (χ2v) is 5.40. The molecule has 0 spiro atoms. The van der Waals surface area contributed by atoms with Gasteiger partial charge in [0.1, 0.15) is 6.04 Å². The third-order valence-corrected chi connectivity index (χ3v) is 3.93. The van der Waals surface area contributed by atoms with E-state index in [0.717, 1.165) is 38.8 Å². The van der Waals surface area contributed by atoms with E-state index in [0.29, 0.717) is 18.8 Å². The maximum absolute atomic E-state index is 11.9. The lowest BCUT2D eigenvalue weighted by molar-refractivity contribution is -0.151. The Bertz CT molecular complexity index is 282. The summed E-state index contributed by atoms with van der Waals surface area (Å²) in [5, 5.41) is 0. The molecule has 0 radical (unpaired) electrons. The lowest BCUT2D eigenvalue weighted by atomic mass is 10.0. The molecular formula is C14H25NO3. The van der Waals surface area contributed by atoms with E-state index in [2.05, 4.69) is 11.8 Å². The van der Waals surface area contributed by atoms with Crippen molar-refractivity contribution >= 4 is 5.97 Å². The number of nitrogens with zero attached hydrogens (tertiary/aromatic N) is 1. The minimum atomic E-state index is -0.0526. The number of ether oxygens (including phenoxy) is 2. The molecule has 3 atom stereocenters. The zero-order valence-electron chi connectivity index (χ0n) is 11.6. The SMILES string of the molecule is CCOC(=O)C1CCCCN1CC1CCC(C)O1. The average molecular weight is 255 g/mol. The van der Waals surface area contributed by atoms with Gasteiger partial charge in [0.05, 0.1) is 18.8 Å². The number of hydrogen-bond donors (Lipinski definition) is 0. The smallest absolute Gasteiger partial charge is 0.323 e. The van der Waals surface area contributed by atoms with Gasteiger partial charge in [-0.25, -0.2) is 0 Å². The summed E-state index contributed by atoms with van der Waals surface area (Å²) in [6, 6.07) is -0.0433. The monoisotopic (exact) mass is 255 g/mol. The summed E-state index contributed by atoms with van der Waals surface area (Å²) in [7, 11) is 0. The molecule has 0 aromatic rings. The highest BCUT2D eigenvalue weighted by Crippen LogP contribution is 2.24. The van der Waals surface area contributed by atoms with Crippen LogP contribution in [0.25, 0.3) is 0 Å². The Labute approximate surface area is 110 Å². The maximum Gasteiger partial charge on any atom is 0.323 e. The summed E-state index contributed by atoms with van der Waals surface area (Å²) in [6.45, 7) is 6.34. The van der Waals surface area contributed by atoms with Crippen molar-refractivity contribution in [2.45, 2.75) is 64.2 Å². The molecule has 2 heterocycles. The summed E-state index contributed by atoms with van der Waals surface area (Å²) < 4.78 is 11.0. The standard InChI is InChI=1S/C14H25NO3/c1-3-17-14(16)13-6-4-5-9-15(13)10-12-8-7-11(2)18-12/h11-13H,3-10H2,1-2H3. The van der Waals surface area contributed by atoms with Gasteiger partial charge in [0.2, 0.25) is 0 Å². The molecule has 4 nitrogen and oxygen atoms in total. The van der Waals surface area contributed by atoms with Crippen molar-refractivity contribution in [2.24, 2.45) is 0 Å². The number of rotatable bonds is 4. The minimum Gasteiger partial charge on any atom is -0.465 e. The normalized spacial score (nSPS) is 33.6. The highest BCUT2D eigenvalue weighted by Gasteiger charge is 2.33. The fourth-order valence-corrected chi connectivity index (χ4v) is 3.00. The third kappa shape index (κ3) is 3.45. The summed E-state index contributed by atoms with van der Waals surface area (Å²) in [4.78, 5) is 14.2. The fraction of sp³-hybridized carbons (Fsp3) is 0.929. The molecule has 18 heavy (non-hydrogen) atoms. The molecule has 0 aromatic heterocycles. The molecule has 104 valence electrons. The van der Waals surface area contributed by atoms with Crippen LogP contribution < -0.4 is 0 Å². The van der Waals surface area contributed by atoms with Crippen LogP contribution in [-0.2, 0) is 14.3 Å². The first-order valence-corrected chi connectivity index (χ1v) is 7.27. The van der Waals surface area contributed by atoms with Gasteiger partial charge in [-0.3, -0.25) is 9.69 Å². The van der Waals surface area contributed by atoms with Crippen molar-refractivity contribution in [1.29, 1.82) is 0 Å². The first kappa shape index (κ1) is 13.8. The van der Waals surface area contributed by atoms with E-state index in [-0.39, 0.29) is 12.0 Å². The molecule has 2 rings (SSSR count). The summed E-state index contributed by atoms with van der Waals surface area (Å²) in [5.74, 6) is -0.0526. The van der Waals surface area contributed by atoms with E-state index in [1.807, 2.05) is 6.92 Å². The van der Waals surface area contributed by atoms with Crippen LogP contribution in [0.15, 0.2) is 0 Å². The number of esters is 1. The average Bonchev–Trinajstić information content (AvgIpc) is 2.76. The van der Waals surface area contributed by atoms with E-state index >= 15 is 0 Å². The zero-order chi connectivity index (χ0) is 13.0. The zero-order valence-corrected chi connectivity index (χ0v) is 11.6. The molecule has 2 saturated heterocycles. The van der Waals surface area contributed by atoms with Crippen molar-refractivity contribution in [1.82, 2.24) is 4.90 Å². The van der Waals surface area contributed by atoms with E-state index in [4.69, 9.17) is 9.47 Å². The van der Waals surface area contributed by atoms with Crippen LogP contribution in [0.1, 0.15) is 46.0 Å². The van der Waals surface area contributed by atoms with Crippen molar-refractivity contribution in [3.63, 3.8) is 0 Å². The Morgan fingerprint density at radius 2 is 2.17 bits per heavy atom. The fourth-order valence-electron chi connectivity index (χ4n) is 3.00. The Balaban J connectivity index is 1.89. The molecule has 0 saturated carbocycles. The molecule has 0 aliphatic carbocycles. The van der Waals surface area contributed by atoms with Gasteiger partial charge >= 0.3 is 5.97 Å². The highest BCUT2D eigenvalue weighted by atomic mass is 16.5. The molecular weight excluding hydrogens is 230 g/mol. The Morgan fingerprint density at radius 1 is 1.33 bits per heavy atom. The van der Waals surface area contributed by atoms with Gasteiger partial charge in [0.25, 0.3) is 0 Å². The van der Waals surface area contributed by atoms with Gasteiger partial charge in [-0.2, -0.15) is 0 Å². The van der Waals surface area contributed by atoms with Gasteiger partial charge in [0, 0.05) is 6.54 Å². The van der Waals surface area contributed by atoms with E-state index in [1.165, 1.54) is 6.42 Å². The lowest BCUT2D eigenvalue weighted by Crippen LogP contribution is -2.48. The van der Waals surface area contributed by atoms with Crippen LogP contribution in [0.2, 0.25) is 0 Å². The van der Waals surface area contributed by atoms with E-state index < -0.39 is 0 Å². The van der Waals surface area contributed by atoms with Crippen LogP contribution in [-0.4, -0.2) is 48.8 Å². The third-order valence-electron chi connectivity index (χ3n) is 3.93. The van der Waals surface area contributed by atoms with Crippen LogP contribution in [0.3, 0.4) is 0 Å². The highest BCUT2D eigenvalue weighted by molar-refractivity contribution is 5.75. The molecule has 2 aliphatic heterocycles. The predicted molar refractivity (Wildman–Crippen MR) is 69.4 cm³/mol. The lowest BCUT2D eigenvalue weighted by Gasteiger charge is -2.35. The maximum atomic E-state index is 11.9. The molecule has 2 aliphatic rings. The van der Waals surface area contributed by atoms with Gasteiger partial charge in [-0.15, -0.1) is 0 Å². The number of carbonyl (C=O) groups is 1. The van der Waals surface area contributed by atoms with Gasteiger partial charge in [-0.1, -0.05) is 6.42 Å². The van der Waals surface area contributed by atoms with Gasteiger partial charge in [-0.05, 0) is 46.1 Å². The van der Waals surface area contributed by atoms with Crippen molar-refractivity contribution in [3.8, 4) is 0 Å². The summed E-state index contributed by atoms with van der Waals surface area (Å²) in [6.07, 6.45) is 6.17. The Hall–Kier alpha value is -0.610. The van der Waals surface area contributed by atoms with Crippen LogP contribution in [0.4, 0.5) is 0 Å². The van der Waals surface area contributed by atoms with Crippen molar-refractivity contribution < 1.29 is 14.3 Å². The molecule has 0 N–H and O–H groups in total. The predicted octanol–water partition coefficient (Wildman–Crippen LogP) is 1.97. The van der Waals surface area contributed by atoms with Crippen molar-refractivity contribution in [3.05, 3.63) is 0 Å². The van der Waals surface area contributed by atoms with Gasteiger partial charge in [0.15, 0.2) is 0 Å². The summed E-state index contributed by atoms with van der Waals surface area (Å²) >= 11 is 0. The number of hydrogen-bond acceptors (Lipinski definition) is 4. The molecule has 2 fully saturated rings. The summed E-state index contributed by atoms with van der Waals surface area (Å²) in [5.41, 5.74) is 0. The van der Waals surface area contributed by atoms with E-state index in [9.17, 15) is 4.79 Å². The molecule has 3 unspecified atom stereocenters. The molecule has 0 bridgehead atoms. The number of carbonyl (C=O) groups excluding carboxylic acids is 1. The quantitative estimate of drug-likeness (QED) is 0.720. The molecule has 4 heteroatoms. The second kappa shape index (κ2) is 6.53.